The Labute approximate surface area is 118 Å². The average Bonchev–Trinajstić information content (AvgIpc) is 2.79. The molecule has 2 aliphatic rings. The lowest BCUT2D eigenvalue weighted by atomic mass is 10.0. The number of fused-ring (bicyclic) bond motifs is 1. The predicted octanol–water partition coefficient (Wildman–Crippen LogP) is 1.75. The molecule has 0 aromatic heterocycles. The summed E-state index contributed by atoms with van der Waals surface area (Å²) in [6.45, 7) is 4.61. The molecule has 108 valence electrons. The van der Waals surface area contributed by atoms with E-state index >= 15 is 0 Å². The molecule has 2 aliphatic heterocycles. The minimum Gasteiger partial charge on any atom is -0.486 e. The van der Waals surface area contributed by atoms with E-state index in [0.29, 0.717) is 19.8 Å². The monoisotopic (exact) mass is 277 g/mol. The fourth-order valence-electron chi connectivity index (χ4n) is 3.02. The maximum Gasteiger partial charge on any atom is 0.321 e. The summed E-state index contributed by atoms with van der Waals surface area (Å²) in [5.41, 5.74) is 1.06. The van der Waals surface area contributed by atoms with Crippen molar-refractivity contribution in [1.29, 1.82) is 0 Å². The van der Waals surface area contributed by atoms with Gasteiger partial charge in [-0.3, -0.25) is 9.69 Å². The number of aliphatic carboxylic acids is 1. The van der Waals surface area contributed by atoms with Crippen molar-refractivity contribution in [2.45, 2.75) is 25.9 Å². The number of carbonyl (C=O) groups is 1. The molecule has 1 aromatic carbocycles. The van der Waals surface area contributed by atoms with Crippen LogP contribution in [0.4, 0.5) is 0 Å². The van der Waals surface area contributed by atoms with Crippen molar-refractivity contribution in [3.63, 3.8) is 0 Å². The Kier molecular flexibility index (Phi) is 3.53. The molecule has 5 nitrogen and oxygen atoms in total. The second-order valence-electron chi connectivity index (χ2n) is 5.50. The van der Waals surface area contributed by atoms with Crippen molar-refractivity contribution in [2.24, 2.45) is 5.92 Å². The van der Waals surface area contributed by atoms with Crippen LogP contribution in [0.15, 0.2) is 18.2 Å². The van der Waals surface area contributed by atoms with Crippen LogP contribution in [-0.2, 0) is 11.3 Å². The largest absolute Gasteiger partial charge is 0.486 e. The van der Waals surface area contributed by atoms with Gasteiger partial charge in [0.25, 0.3) is 0 Å². The molecule has 1 saturated heterocycles. The van der Waals surface area contributed by atoms with E-state index in [0.717, 1.165) is 30.0 Å². The van der Waals surface area contributed by atoms with Crippen molar-refractivity contribution < 1.29 is 19.4 Å². The predicted molar refractivity (Wildman–Crippen MR) is 73.0 cm³/mol. The lowest BCUT2D eigenvalue weighted by Gasteiger charge is -2.24. The minimum atomic E-state index is -0.729. The molecule has 0 spiro atoms. The maximum absolute atomic E-state index is 11.4. The van der Waals surface area contributed by atoms with Gasteiger partial charge < -0.3 is 14.6 Å². The van der Waals surface area contributed by atoms with Crippen LogP contribution in [-0.4, -0.2) is 41.8 Å². The van der Waals surface area contributed by atoms with E-state index in [4.69, 9.17) is 9.47 Å². The molecule has 0 bridgehead atoms. The molecule has 1 fully saturated rings. The lowest BCUT2D eigenvalue weighted by molar-refractivity contribution is -0.143. The summed E-state index contributed by atoms with van der Waals surface area (Å²) in [4.78, 5) is 13.4. The molecule has 3 rings (SSSR count). The minimum absolute atomic E-state index is 0.199. The molecule has 1 N–H and O–H groups in total. The van der Waals surface area contributed by atoms with Crippen molar-refractivity contribution in [2.75, 3.05) is 19.8 Å². The summed E-state index contributed by atoms with van der Waals surface area (Å²) >= 11 is 0. The van der Waals surface area contributed by atoms with Crippen LogP contribution in [0.3, 0.4) is 0 Å². The zero-order chi connectivity index (χ0) is 14.1. The zero-order valence-electron chi connectivity index (χ0n) is 11.5. The summed E-state index contributed by atoms with van der Waals surface area (Å²) in [7, 11) is 0. The number of likely N-dealkylation sites (tertiary alicyclic amines) is 1. The summed E-state index contributed by atoms with van der Waals surface area (Å²) in [5.74, 6) is 0.995. The van der Waals surface area contributed by atoms with Gasteiger partial charge in [0.05, 0.1) is 0 Å². The molecule has 1 aromatic rings. The highest BCUT2D eigenvalue weighted by Crippen LogP contribution is 2.32. The first-order valence-corrected chi connectivity index (χ1v) is 7.00. The molecule has 2 atom stereocenters. The molecule has 2 unspecified atom stereocenters. The van der Waals surface area contributed by atoms with E-state index in [-0.39, 0.29) is 12.0 Å². The highest BCUT2D eigenvalue weighted by molar-refractivity contribution is 5.74. The number of carboxylic acid groups (broad SMARTS) is 1. The number of benzene rings is 1. The van der Waals surface area contributed by atoms with E-state index < -0.39 is 5.97 Å². The van der Waals surface area contributed by atoms with Gasteiger partial charge in [0, 0.05) is 6.54 Å². The second-order valence-corrected chi connectivity index (χ2v) is 5.50. The Bertz CT molecular complexity index is 517. The molecule has 0 amide bonds. The number of hydrogen-bond acceptors (Lipinski definition) is 4. The first kappa shape index (κ1) is 13.2. The molecule has 2 heterocycles. The Morgan fingerprint density at radius 3 is 2.85 bits per heavy atom. The van der Waals surface area contributed by atoms with Gasteiger partial charge in [-0.05, 0) is 36.6 Å². The van der Waals surface area contributed by atoms with Crippen LogP contribution >= 0.6 is 0 Å². The van der Waals surface area contributed by atoms with Crippen LogP contribution in [0.1, 0.15) is 18.9 Å². The van der Waals surface area contributed by atoms with E-state index in [1.807, 2.05) is 30.0 Å². The van der Waals surface area contributed by atoms with Crippen molar-refractivity contribution >= 4 is 5.97 Å². The summed E-state index contributed by atoms with van der Waals surface area (Å²) in [6, 6.07) is 5.45. The normalized spacial score (nSPS) is 25.6. The van der Waals surface area contributed by atoms with Gasteiger partial charge >= 0.3 is 5.97 Å². The highest BCUT2D eigenvalue weighted by Gasteiger charge is 2.36. The third-order valence-corrected chi connectivity index (χ3v) is 4.05. The molecular formula is C15H19NO4. The maximum atomic E-state index is 11.4. The molecule has 0 aliphatic carbocycles. The van der Waals surface area contributed by atoms with E-state index in [9.17, 15) is 9.90 Å². The Morgan fingerprint density at radius 2 is 2.10 bits per heavy atom. The van der Waals surface area contributed by atoms with E-state index in [1.165, 1.54) is 0 Å². The summed E-state index contributed by atoms with van der Waals surface area (Å²) < 4.78 is 11.1. The third-order valence-electron chi connectivity index (χ3n) is 4.05. The average molecular weight is 277 g/mol. The van der Waals surface area contributed by atoms with Gasteiger partial charge in [0.2, 0.25) is 0 Å². The standard InChI is InChI=1S/C15H19NO4/c1-10-4-5-16(14(10)15(17)18)9-11-2-3-12-13(8-11)20-7-6-19-12/h2-3,8,10,14H,4-7,9H2,1H3,(H,17,18). The quantitative estimate of drug-likeness (QED) is 0.912. The Hall–Kier alpha value is -1.75. The van der Waals surface area contributed by atoms with Gasteiger partial charge in [-0.1, -0.05) is 13.0 Å². The van der Waals surface area contributed by atoms with Crippen LogP contribution in [0, 0.1) is 5.92 Å². The van der Waals surface area contributed by atoms with Gasteiger partial charge in [-0.25, -0.2) is 0 Å². The molecular weight excluding hydrogens is 258 g/mol. The molecule has 20 heavy (non-hydrogen) atoms. The lowest BCUT2D eigenvalue weighted by Crippen LogP contribution is -2.38. The van der Waals surface area contributed by atoms with Crippen molar-refractivity contribution in [1.82, 2.24) is 4.90 Å². The summed E-state index contributed by atoms with van der Waals surface area (Å²) in [5, 5.41) is 9.34. The fourth-order valence-corrected chi connectivity index (χ4v) is 3.02. The number of ether oxygens (including phenoxy) is 2. The van der Waals surface area contributed by atoms with Gasteiger partial charge in [0.15, 0.2) is 11.5 Å². The first-order chi connectivity index (χ1) is 9.65. The topological polar surface area (TPSA) is 59.0 Å². The van der Waals surface area contributed by atoms with Gasteiger partial charge in [0.1, 0.15) is 19.3 Å². The Balaban J connectivity index is 1.76. The number of hydrogen-bond donors (Lipinski definition) is 1. The van der Waals surface area contributed by atoms with Crippen LogP contribution in [0.25, 0.3) is 0 Å². The van der Waals surface area contributed by atoms with Gasteiger partial charge in [-0.15, -0.1) is 0 Å². The van der Waals surface area contributed by atoms with Crippen molar-refractivity contribution in [3.8, 4) is 11.5 Å². The smallest absolute Gasteiger partial charge is 0.321 e. The molecule has 5 heteroatoms. The van der Waals surface area contributed by atoms with Gasteiger partial charge in [-0.2, -0.15) is 0 Å². The van der Waals surface area contributed by atoms with Crippen LogP contribution in [0.2, 0.25) is 0 Å². The summed E-state index contributed by atoms with van der Waals surface area (Å²) in [6.07, 6.45) is 0.932. The Morgan fingerprint density at radius 1 is 1.35 bits per heavy atom. The third kappa shape index (κ3) is 2.45. The highest BCUT2D eigenvalue weighted by atomic mass is 16.6. The van der Waals surface area contributed by atoms with E-state index in [1.54, 1.807) is 0 Å². The second kappa shape index (κ2) is 5.32. The zero-order valence-corrected chi connectivity index (χ0v) is 11.5. The number of nitrogens with zero attached hydrogens (tertiary/aromatic N) is 1. The van der Waals surface area contributed by atoms with Crippen LogP contribution < -0.4 is 9.47 Å². The number of carboxylic acids is 1. The van der Waals surface area contributed by atoms with E-state index in [2.05, 4.69) is 0 Å². The molecule has 0 radical (unpaired) electrons. The van der Waals surface area contributed by atoms with Crippen LogP contribution in [0.5, 0.6) is 11.5 Å². The fraction of sp³-hybridized carbons (Fsp3) is 0.533. The number of rotatable bonds is 3. The van der Waals surface area contributed by atoms with Crippen molar-refractivity contribution in [3.05, 3.63) is 23.8 Å². The molecule has 0 saturated carbocycles. The SMILES string of the molecule is CC1CCN(Cc2ccc3c(c2)OCCO3)C1C(=O)O. The first-order valence-electron chi connectivity index (χ1n) is 7.00.